The minimum Gasteiger partial charge on any atom is -0.271 e. The molecule has 0 radical (unpaired) electrons. The first-order valence-electron chi connectivity index (χ1n) is 6.32. The minimum absolute atomic E-state index is 0.327. The molecule has 1 aliphatic carbocycles. The highest BCUT2D eigenvalue weighted by Gasteiger charge is 2.27. The smallest absolute Gasteiger partial charge is 0.0502 e. The Morgan fingerprint density at radius 2 is 2.00 bits per heavy atom. The van der Waals surface area contributed by atoms with Gasteiger partial charge in [-0.25, -0.2) is 0 Å². The van der Waals surface area contributed by atoms with Crippen molar-refractivity contribution >= 4 is 21.4 Å². The fraction of sp³-hybridized carbons (Fsp3) is 0.429. The van der Waals surface area contributed by atoms with E-state index in [1.165, 1.54) is 41.3 Å². The topological polar surface area (TPSA) is 38.0 Å². The fourth-order valence-electron chi connectivity index (χ4n) is 3.01. The molecule has 0 bridgehead atoms. The van der Waals surface area contributed by atoms with Gasteiger partial charge in [0, 0.05) is 4.70 Å². The molecule has 1 aromatic carbocycles. The Bertz CT molecular complexity index is 500. The lowest BCUT2D eigenvalue weighted by Crippen LogP contribution is -2.32. The Hall–Kier alpha value is -0.900. The summed E-state index contributed by atoms with van der Waals surface area (Å²) in [5, 5.41) is 3.64. The standard InChI is InChI=1S/C14H18N2S/c15-16-14(10-5-1-2-6-10)12-9-17-13-8-4-3-7-11(12)13/h3-4,7-10,14,16H,1-2,5-6,15H2. The van der Waals surface area contributed by atoms with Gasteiger partial charge in [0.25, 0.3) is 0 Å². The molecule has 17 heavy (non-hydrogen) atoms. The number of fused-ring (bicyclic) bond motifs is 1. The van der Waals surface area contributed by atoms with Crippen LogP contribution in [0.1, 0.15) is 37.3 Å². The van der Waals surface area contributed by atoms with E-state index in [4.69, 9.17) is 5.84 Å². The maximum Gasteiger partial charge on any atom is 0.0502 e. The lowest BCUT2D eigenvalue weighted by molar-refractivity contribution is 0.376. The lowest BCUT2D eigenvalue weighted by Gasteiger charge is -2.22. The van der Waals surface area contributed by atoms with E-state index in [1.54, 1.807) is 0 Å². The molecular weight excluding hydrogens is 228 g/mol. The van der Waals surface area contributed by atoms with E-state index in [9.17, 15) is 0 Å². The first-order valence-corrected chi connectivity index (χ1v) is 7.20. The first kappa shape index (κ1) is 11.2. The van der Waals surface area contributed by atoms with Gasteiger partial charge < -0.3 is 0 Å². The van der Waals surface area contributed by atoms with Gasteiger partial charge in [-0.3, -0.25) is 11.3 Å². The van der Waals surface area contributed by atoms with Gasteiger partial charge in [-0.15, -0.1) is 11.3 Å². The van der Waals surface area contributed by atoms with Crippen LogP contribution in [0.2, 0.25) is 0 Å². The average Bonchev–Trinajstić information content (AvgIpc) is 3.01. The summed E-state index contributed by atoms with van der Waals surface area (Å²) in [7, 11) is 0. The van der Waals surface area contributed by atoms with Crippen LogP contribution < -0.4 is 11.3 Å². The van der Waals surface area contributed by atoms with E-state index in [2.05, 4.69) is 35.1 Å². The number of hydrazine groups is 1. The number of nitrogens with two attached hydrogens (primary N) is 1. The summed E-state index contributed by atoms with van der Waals surface area (Å²) in [6.07, 6.45) is 5.31. The van der Waals surface area contributed by atoms with E-state index in [1.807, 2.05) is 11.3 Å². The van der Waals surface area contributed by atoms with E-state index in [0.29, 0.717) is 12.0 Å². The third kappa shape index (κ3) is 1.99. The van der Waals surface area contributed by atoms with Crippen LogP contribution >= 0.6 is 11.3 Å². The van der Waals surface area contributed by atoms with E-state index in [-0.39, 0.29) is 0 Å². The fourth-order valence-corrected chi connectivity index (χ4v) is 4.01. The summed E-state index contributed by atoms with van der Waals surface area (Å²) in [6, 6.07) is 8.93. The van der Waals surface area contributed by atoms with Crippen molar-refractivity contribution in [2.45, 2.75) is 31.7 Å². The molecule has 0 aliphatic heterocycles. The van der Waals surface area contributed by atoms with Gasteiger partial charge in [0.2, 0.25) is 0 Å². The van der Waals surface area contributed by atoms with Crippen LogP contribution in [0, 0.1) is 5.92 Å². The van der Waals surface area contributed by atoms with E-state index in [0.717, 1.165) is 0 Å². The maximum atomic E-state index is 5.79. The summed E-state index contributed by atoms with van der Waals surface area (Å²) in [6.45, 7) is 0. The molecule has 0 amide bonds. The first-order chi connectivity index (χ1) is 8.40. The molecule has 2 aromatic rings. The molecule has 0 spiro atoms. The molecule has 1 unspecified atom stereocenters. The molecule has 1 aromatic heterocycles. The molecule has 3 heteroatoms. The number of benzene rings is 1. The quantitative estimate of drug-likeness (QED) is 0.641. The zero-order valence-corrected chi connectivity index (χ0v) is 10.7. The summed E-state index contributed by atoms with van der Waals surface area (Å²) in [5.41, 5.74) is 4.43. The van der Waals surface area contributed by atoms with Gasteiger partial charge in [0.05, 0.1) is 6.04 Å². The molecule has 1 heterocycles. The van der Waals surface area contributed by atoms with Crippen LogP contribution in [0.3, 0.4) is 0 Å². The predicted octanol–water partition coefficient (Wildman–Crippen LogP) is 3.60. The zero-order valence-electron chi connectivity index (χ0n) is 9.86. The van der Waals surface area contributed by atoms with Gasteiger partial charge in [0.15, 0.2) is 0 Å². The molecule has 1 aliphatic rings. The molecule has 1 saturated carbocycles. The van der Waals surface area contributed by atoms with E-state index >= 15 is 0 Å². The second-order valence-electron chi connectivity index (χ2n) is 4.88. The summed E-state index contributed by atoms with van der Waals surface area (Å²) in [5.74, 6) is 6.50. The normalized spacial score (nSPS) is 18.9. The van der Waals surface area contributed by atoms with Gasteiger partial charge >= 0.3 is 0 Å². The van der Waals surface area contributed by atoms with Crippen molar-refractivity contribution in [1.82, 2.24) is 5.43 Å². The van der Waals surface area contributed by atoms with Crippen molar-refractivity contribution in [2.24, 2.45) is 11.8 Å². The number of hydrogen-bond donors (Lipinski definition) is 2. The van der Waals surface area contributed by atoms with Gasteiger partial charge in [-0.2, -0.15) is 0 Å². The second kappa shape index (κ2) is 4.77. The van der Waals surface area contributed by atoms with Crippen molar-refractivity contribution in [1.29, 1.82) is 0 Å². The SMILES string of the molecule is NNC(c1csc2ccccc12)C1CCCC1. The van der Waals surface area contributed by atoms with Crippen molar-refractivity contribution in [2.75, 3.05) is 0 Å². The van der Waals surface area contributed by atoms with Crippen LogP contribution in [0.4, 0.5) is 0 Å². The molecule has 1 fully saturated rings. The monoisotopic (exact) mass is 246 g/mol. The Morgan fingerprint density at radius 3 is 2.76 bits per heavy atom. The van der Waals surface area contributed by atoms with Gasteiger partial charge in [0.1, 0.15) is 0 Å². The molecular formula is C14H18N2S. The summed E-state index contributed by atoms with van der Waals surface area (Å²) in [4.78, 5) is 0. The third-order valence-electron chi connectivity index (χ3n) is 3.90. The highest BCUT2D eigenvalue weighted by atomic mass is 32.1. The van der Waals surface area contributed by atoms with Crippen molar-refractivity contribution in [3.8, 4) is 0 Å². The highest BCUT2D eigenvalue weighted by molar-refractivity contribution is 7.17. The largest absolute Gasteiger partial charge is 0.271 e. The van der Waals surface area contributed by atoms with Crippen LogP contribution in [-0.4, -0.2) is 0 Å². The lowest BCUT2D eigenvalue weighted by atomic mass is 9.92. The molecule has 2 nitrogen and oxygen atoms in total. The molecule has 3 rings (SSSR count). The molecule has 90 valence electrons. The minimum atomic E-state index is 0.327. The molecule has 3 N–H and O–H groups in total. The number of nitrogens with one attached hydrogen (secondary N) is 1. The van der Waals surface area contributed by atoms with Gasteiger partial charge in [-0.05, 0) is 41.2 Å². The summed E-state index contributed by atoms with van der Waals surface area (Å²) >= 11 is 1.82. The van der Waals surface area contributed by atoms with Crippen LogP contribution in [0.25, 0.3) is 10.1 Å². The number of hydrogen-bond acceptors (Lipinski definition) is 3. The predicted molar refractivity (Wildman–Crippen MR) is 73.8 cm³/mol. The molecule has 0 saturated heterocycles. The Balaban J connectivity index is 2.00. The number of rotatable bonds is 3. The second-order valence-corrected chi connectivity index (χ2v) is 5.79. The van der Waals surface area contributed by atoms with E-state index < -0.39 is 0 Å². The molecule has 1 atom stereocenters. The van der Waals surface area contributed by atoms with Crippen molar-refractivity contribution in [3.63, 3.8) is 0 Å². The van der Waals surface area contributed by atoms with Crippen LogP contribution in [-0.2, 0) is 0 Å². The Labute approximate surface area is 106 Å². The maximum absolute atomic E-state index is 5.79. The third-order valence-corrected chi connectivity index (χ3v) is 4.88. The highest BCUT2D eigenvalue weighted by Crippen LogP contribution is 2.39. The van der Waals surface area contributed by atoms with Crippen molar-refractivity contribution < 1.29 is 0 Å². The zero-order chi connectivity index (χ0) is 11.7. The van der Waals surface area contributed by atoms with Crippen LogP contribution in [0.15, 0.2) is 29.6 Å². The summed E-state index contributed by atoms with van der Waals surface area (Å²) < 4.78 is 1.36. The van der Waals surface area contributed by atoms with Crippen LogP contribution in [0.5, 0.6) is 0 Å². The Kier molecular flexibility index (Phi) is 3.14. The Morgan fingerprint density at radius 1 is 1.24 bits per heavy atom. The average molecular weight is 246 g/mol. The van der Waals surface area contributed by atoms with Gasteiger partial charge in [-0.1, -0.05) is 31.0 Å². The number of thiophene rings is 1. The van der Waals surface area contributed by atoms with Crippen molar-refractivity contribution in [3.05, 3.63) is 35.2 Å².